The van der Waals surface area contributed by atoms with Crippen LogP contribution in [0.3, 0.4) is 0 Å². The van der Waals surface area contributed by atoms with Crippen LogP contribution in [-0.4, -0.2) is 25.3 Å². The van der Waals surface area contributed by atoms with Gasteiger partial charge in [0, 0.05) is 0 Å². The first-order valence-corrected chi connectivity index (χ1v) is 5.54. The molecule has 0 saturated heterocycles. The smallest absolute Gasteiger partial charge is 0.234 e. The van der Waals surface area contributed by atoms with Gasteiger partial charge < -0.3 is 10.5 Å². The average Bonchev–Trinajstić information content (AvgIpc) is 2.10. The lowest BCUT2D eigenvalue weighted by molar-refractivity contribution is -0.120. The zero-order valence-electron chi connectivity index (χ0n) is 10.2. The molecule has 0 aromatic carbocycles. The Hall–Kier alpha value is -0.610. The maximum atomic E-state index is 10.7. The summed E-state index contributed by atoms with van der Waals surface area (Å²) >= 11 is 0. The van der Waals surface area contributed by atoms with Crippen LogP contribution >= 0.6 is 0 Å². The molecule has 0 unspecified atom stereocenters. The van der Waals surface area contributed by atoms with Gasteiger partial charge in [0.2, 0.25) is 5.91 Å². The van der Waals surface area contributed by atoms with Gasteiger partial charge in [-0.2, -0.15) is 0 Å². The number of rotatable bonds is 8. The third-order valence-corrected chi connectivity index (χ3v) is 2.19. The molecule has 15 heavy (non-hydrogen) atoms. The summed E-state index contributed by atoms with van der Waals surface area (Å²) in [5.74, 6) is 0.894. The van der Waals surface area contributed by atoms with E-state index < -0.39 is 0 Å². The lowest BCUT2D eigenvalue weighted by Gasteiger charge is -2.15. The summed E-state index contributed by atoms with van der Waals surface area (Å²) in [6.07, 6.45) is 1.16. The van der Waals surface area contributed by atoms with Crippen molar-refractivity contribution in [2.75, 3.05) is 13.3 Å². The maximum absolute atomic E-state index is 10.7. The van der Waals surface area contributed by atoms with Gasteiger partial charge >= 0.3 is 0 Å². The molecule has 0 aliphatic heterocycles. The van der Waals surface area contributed by atoms with Crippen LogP contribution in [0.25, 0.3) is 0 Å². The molecule has 0 aliphatic rings. The van der Waals surface area contributed by atoms with Gasteiger partial charge in [-0.3, -0.25) is 10.1 Å². The molecule has 1 amide bonds. The molecular formula is C11H24N2O2. The van der Waals surface area contributed by atoms with E-state index in [-0.39, 0.29) is 11.9 Å². The molecule has 0 saturated carbocycles. The maximum Gasteiger partial charge on any atom is 0.234 e. The van der Waals surface area contributed by atoms with Crippen LogP contribution in [-0.2, 0) is 9.53 Å². The molecule has 0 rings (SSSR count). The van der Waals surface area contributed by atoms with Crippen molar-refractivity contribution < 1.29 is 9.53 Å². The van der Waals surface area contributed by atoms with E-state index in [0.29, 0.717) is 18.6 Å². The zero-order chi connectivity index (χ0) is 11.8. The lowest BCUT2D eigenvalue weighted by Crippen LogP contribution is -2.40. The van der Waals surface area contributed by atoms with E-state index in [1.54, 1.807) is 6.92 Å². The van der Waals surface area contributed by atoms with Crippen molar-refractivity contribution in [1.29, 1.82) is 0 Å². The molecule has 0 heterocycles. The number of amides is 1. The van der Waals surface area contributed by atoms with Crippen LogP contribution in [0.15, 0.2) is 0 Å². The molecule has 0 aromatic rings. The Morgan fingerprint density at radius 3 is 2.40 bits per heavy atom. The lowest BCUT2D eigenvalue weighted by atomic mass is 10.00. The zero-order valence-corrected chi connectivity index (χ0v) is 10.2. The standard InChI is InChI=1S/C11H24N2O2/c1-8(2)5-9(3)6-15-7-13-10(4)11(12)14/h8-10,13H,5-7H2,1-4H3,(H2,12,14)/t9-,10-/m0/s1. The molecule has 0 aliphatic carbocycles. The molecule has 2 atom stereocenters. The second-order valence-electron chi connectivity index (χ2n) is 4.58. The quantitative estimate of drug-likeness (QED) is 0.472. The predicted molar refractivity (Wildman–Crippen MR) is 61.2 cm³/mol. The monoisotopic (exact) mass is 216 g/mol. The minimum absolute atomic E-state index is 0.328. The van der Waals surface area contributed by atoms with E-state index in [1.165, 1.54) is 0 Å². The van der Waals surface area contributed by atoms with Crippen molar-refractivity contribution in [1.82, 2.24) is 5.32 Å². The summed E-state index contributed by atoms with van der Waals surface area (Å²) in [6, 6.07) is -0.328. The van der Waals surface area contributed by atoms with Crippen molar-refractivity contribution >= 4 is 5.91 Å². The predicted octanol–water partition coefficient (Wildman–Crippen LogP) is 1.11. The van der Waals surface area contributed by atoms with Crippen LogP contribution in [0.1, 0.15) is 34.1 Å². The van der Waals surface area contributed by atoms with E-state index in [2.05, 4.69) is 26.1 Å². The van der Waals surface area contributed by atoms with Crippen molar-refractivity contribution in [3.8, 4) is 0 Å². The molecule has 0 radical (unpaired) electrons. The largest absolute Gasteiger partial charge is 0.368 e. The average molecular weight is 216 g/mol. The van der Waals surface area contributed by atoms with Crippen molar-refractivity contribution in [2.24, 2.45) is 17.6 Å². The Morgan fingerprint density at radius 1 is 1.33 bits per heavy atom. The van der Waals surface area contributed by atoms with E-state index in [9.17, 15) is 4.79 Å². The van der Waals surface area contributed by atoms with Gasteiger partial charge in [-0.05, 0) is 25.2 Å². The fourth-order valence-corrected chi connectivity index (χ4v) is 1.42. The summed E-state index contributed by atoms with van der Waals surface area (Å²) in [5, 5.41) is 2.89. The highest BCUT2D eigenvalue weighted by atomic mass is 16.5. The number of nitrogens with two attached hydrogens (primary N) is 1. The highest BCUT2D eigenvalue weighted by Crippen LogP contribution is 2.10. The number of primary amides is 1. The van der Waals surface area contributed by atoms with Crippen LogP contribution in [0, 0.1) is 11.8 Å². The van der Waals surface area contributed by atoms with Gasteiger partial charge in [0.05, 0.1) is 19.4 Å². The topological polar surface area (TPSA) is 64.3 Å². The van der Waals surface area contributed by atoms with E-state index in [0.717, 1.165) is 13.0 Å². The molecule has 0 spiro atoms. The third kappa shape index (κ3) is 8.39. The minimum Gasteiger partial charge on any atom is -0.368 e. The third-order valence-electron chi connectivity index (χ3n) is 2.19. The highest BCUT2D eigenvalue weighted by Gasteiger charge is 2.08. The van der Waals surface area contributed by atoms with Crippen molar-refractivity contribution in [3.63, 3.8) is 0 Å². The number of hydrogen-bond donors (Lipinski definition) is 2. The molecular weight excluding hydrogens is 192 g/mol. The molecule has 3 N–H and O–H groups in total. The van der Waals surface area contributed by atoms with E-state index >= 15 is 0 Å². The highest BCUT2D eigenvalue weighted by molar-refractivity contribution is 5.79. The molecule has 90 valence electrons. The second-order valence-corrected chi connectivity index (χ2v) is 4.58. The van der Waals surface area contributed by atoms with Gasteiger partial charge in [-0.15, -0.1) is 0 Å². The Labute approximate surface area is 92.6 Å². The summed E-state index contributed by atoms with van der Waals surface area (Å²) < 4.78 is 5.40. The van der Waals surface area contributed by atoms with E-state index in [1.807, 2.05) is 0 Å². The SMILES string of the molecule is CC(C)C[C@H](C)COCN[C@@H](C)C(N)=O. The van der Waals surface area contributed by atoms with Crippen LogP contribution in [0.5, 0.6) is 0 Å². The van der Waals surface area contributed by atoms with Crippen LogP contribution in [0.2, 0.25) is 0 Å². The first-order valence-electron chi connectivity index (χ1n) is 5.54. The summed E-state index contributed by atoms with van der Waals surface area (Å²) in [4.78, 5) is 10.7. The fourth-order valence-electron chi connectivity index (χ4n) is 1.42. The molecule has 0 fully saturated rings. The van der Waals surface area contributed by atoms with Crippen LogP contribution in [0.4, 0.5) is 0 Å². The number of hydrogen-bond acceptors (Lipinski definition) is 3. The first kappa shape index (κ1) is 14.4. The van der Waals surface area contributed by atoms with Crippen LogP contribution < -0.4 is 11.1 Å². The van der Waals surface area contributed by atoms with Gasteiger partial charge in [-0.1, -0.05) is 20.8 Å². The Bertz CT molecular complexity index is 183. The number of carbonyl (C=O) groups excluding carboxylic acids is 1. The number of nitrogens with one attached hydrogen (secondary N) is 1. The molecule has 0 aromatic heterocycles. The Balaban J connectivity index is 3.42. The van der Waals surface area contributed by atoms with Gasteiger partial charge in [0.1, 0.15) is 0 Å². The molecule has 4 nitrogen and oxygen atoms in total. The Kier molecular flexibility index (Phi) is 7.34. The van der Waals surface area contributed by atoms with E-state index in [4.69, 9.17) is 10.5 Å². The minimum atomic E-state index is -0.353. The normalized spacial score (nSPS) is 15.3. The van der Waals surface area contributed by atoms with Gasteiger partial charge in [0.25, 0.3) is 0 Å². The number of ether oxygens (including phenoxy) is 1. The fraction of sp³-hybridized carbons (Fsp3) is 0.909. The summed E-state index contributed by atoms with van der Waals surface area (Å²) in [7, 11) is 0. The Morgan fingerprint density at radius 2 is 1.93 bits per heavy atom. The molecule has 4 heteroatoms. The second kappa shape index (κ2) is 7.65. The summed E-state index contributed by atoms with van der Waals surface area (Å²) in [5.41, 5.74) is 5.09. The van der Waals surface area contributed by atoms with Gasteiger partial charge in [0.15, 0.2) is 0 Å². The van der Waals surface area contributed by atoms with Gasteiger partial charge in [-0.25, -0.2) is 0 Å². The molecule has 0 bridgehead atoms. The summed E-state index contributed by atoms with van der Waals surface area (Å²) in [6.45, 7) is 9.39. The van der Waals surface area contributed by atoms with Crippen molar-refractivity contribution in [3.05, 3.63) is 0 Å². The van der Waals surface area contributed by atoms with Crippen molar-refractivity contribution in [2.45, 2.75) is 40.2 Å². The first-order chi connectivity index (χ1) is 6.93. The number of carbonyl (C=O) groups is 1.